The van der Waals surface area contributed by atoms with Crippen molar-refractivity contribution < 1.29 is 18.9 Å². The van der Waals surface area contributed by atoms with Crippen LogP contribution in [0, 0.1) is 6.92 Å². The first kappa shape index (κ1) is 23.3. The summed E-state index contributed by atoms with van der Waals surface area (Å²) in [5.74, 6) is 2.46. The van der Waals surface area contributed by atoms with Gasteiger partial charge in [0.2, 0.25) is 11.5 Å². The fraction of sp³-hybridized carbons (Fsp3) is 0.286. The van der Waals surface area contributed by atoms with Gasteiger partial charge in [0.1, 0.15) is 13.2 Å². The average Bonchev–Trinajstić information content (AvgIpc) is 2.82. The smallest absolute Gasteiger partial charge is 0.207 e. The molecule has 0 aromatic heterocycles. The van der Waals surface area contributed by atoms with Gasteiger partial charge in [0.05, 0.1) is 14.2 Å². The molecule has 0 unspecified atom stereocenters. The lowest BCUT2D eigenvalue weighted by molar-refractivity contribution is 0.253. The van der Waals surface area contributed by atoms with Crippen molar-refractivity contribution in [2.45, 2.75) is 40.4 Å². The van der Waals surface area contributed by atoms with E-state index in [0.29, 0.717) is 42.6 Å². The van der Waals surface area contributed by atoms with Crippen molar-refractivity contribution in [1.82, 2.24) is 0 Å². The highest BCUT2D eigenvalue weighted by atomic mass is 16.5. The van der Waals surface area contributed by atoms with Crippen LogP contribution >= 0.6 is 0 Å². The molecule has 4 nitrogen and oxygen atoms in total. The molecular weight excluding hydrogens is 400 g/mol. The molecule has 0 N–H and O–H groups in total. The molecule has 0 aliphatic carbocycles. The average molecular weight is 433 g/mol. The second-order valence-electron chi connectivity index (χ2n) is 7.86. The van der Waals surface area contributed by atoms with Gasteiger partial charge in [-0.25, -0.2) is 0 Å². The van der Waals surface area contributed by atoms with Crippen LogP contribution in [0.25, 0.3) is 0 Å². The Hall–Kier alpha value is -3.40. The van der Waals surface area contributed by atoms with Crippen LogP contribution < -0.4 is 18.9 Å². The third kappa shape index (κ3) is 5.64. The lowest BCUT2D eigenvalue weighted by Crippen LogP contribution is -2.08. The number of allylic oxidation sites excluding steroid dienone is 2. The number of methoxy groups -OCH3 is 2. The molecule has 168 valence electrons. The molecule has 0 spiro atoms. The Bertz CT molecular complexity index is 1040. The summed E-state index contributed by atoms with van der Waals surface area (Å²) in [6.07, 6.45) is 2.89. The van der Waals surface area contributed by atoms with Crippen LogP contribution in [0.5, 0.6) is 23.0 Å². The van der Waals surface area contributed by atoms with Gasteiger partial charge in [-0.3, -0.25) is 0 Å². The lowest BCUT2D eigenvalue weighted by Gasteiger charge is -2.23. The second-order valence-corrected chi connectivity index (χ2v) is 7.86. The zero-order valence-corrected chi connectivity index (χ0v) is 19.6. The standard InChI is InChI=1S/C28H32O4/c1-20(2)16-17-24-21(3)25(31-18-22-12-8-6-9-13-22)27(29-4)28(30-5)26(24)32-19-23-14-10-7-11-15-23/h6-16H,17-19H2,1-5H3. The Morgan fingerprint density at radius 1 is 0.688 bits per heavy atom. The zero-order valence-electron chi connectivity index (χ0n) is 19.6. The fourth-order valence-corrected chi connectivity index (χ4v) is 3.53. The molecule has 3 aromatic carbocycles. The SMILES string of the molecule is COc1c(OCc2ccccc2)c(C)c(CC=C(C)C)c(OCc2ccccc2)c1OC. The number of ether oxygens (including phenoxy) is 4. The summed E-state index contributed by atoms with van der Waals surface area (Å²) < 4.78 is 24.2. The maximum Gasteiger partial charge on any atom is 0.207 e. The van der Waals surface area contributed by atoms with Crippen molar-refractivity contribution in [3.8, 4) is 23.0 Å². The van der Waals surface area contributed by atoms with Crippen LogP contribution in [0.3, 0.4) is 0 Å². The lowest BCUT2D eigenvalue weighted by atomic mass is 10.00. The molecule has 0 heterocycles. The van der Waals surface area contributed by atoms with Gasteiger partial charge in [-0.15, -0.1) is 0 Å². The molecule has 3 aromatic rings. The van der Waals surface area contributed by atoms with Gasteiger partial charge in [-0.2, -0.15) is 0 Å². The maximum atomic E-state index is 6.33. The second kappa shape index (κ2) is 11.3. The summed E-state index contributed by atoms with van der Waals surface area (Å²) in [5, 5.41) is 0. The van der Waals surface area contributed by atoms with Gasteiger partial charge in [-0.1, -0.05) is 72.3 Å². The van der Waals surface area contributed by atoms with Crippen LogP contribution in [0.2, 0.25) is 0 Å². The van der Waals surface area contributed by atoms with E-state index in [-0.39, 0.29) is 0 Å². The minimum Gasteiger partial charge on any atom is -0.490 e. The van der Waals surface area contributed by atoms with Crippen molar-refractivity contribution in [1.29, 1.82) is 0 Å². The van der Waals surface area contributed by atoms with Crippen LogP contribution in [0.4, 0.5) is 0 Å². The molecule has 0 radical (unpaired) electrons. The van der Waals surface area contributed by atoms with Crippen molar-refractivity contribution >= 4 is 0 Å². The number of rotatable bonds is 10. The largest absolute Gasteiger partial charge is 0.490 e. The molecule has 4 heteroatoms. The highest BCUT2D eigenvalue weighted by Crippen LogP contribution is 2.50. The summed E-state index contributed by atoms with van der Waals surface area (Å²) in [6.45, 7) is 7.10. The molecule has 0 saturated heterocycles. The predicted octanol–water partition coefficient (Wildman–Crippen LogP) is 6.68. The number of hydrogen-bond acceptors (Lipinski definition) is 4. The summed E-state index contributed by atoms with van der Waals surface area (Å²) in [5.41, 5.74) is 5.42. The normalized spacial score (nSPS) is 10.4. The third-order valence-electron chi connectivity index (χ3n) is 5.26. The van der Waals surface area contributed by atoms with Crippen molar-refractivity contribution in [3.05, 3.63) is 94.6 Å². The highest BCUT2D eigenvalue weighted by Gasteiger charge is 2.26. The Morgan fingerprint density at radius 2 is 1.16 bits per heavy atom. The van der Waals surface area contributed by atoms with E-state index in [2.05, 4.69) is 19.9 Å². The third-order valence-corrected chi connectivity index (χ3v) is 5.26. The van der Waals surface area contributed by atoms with E-state index in [0.717, 1.165) is 22.3 Å². The summed E-state index contributed by atoms with van der Waals surface area (Å²) in [7, 11) is 3.26. The Kier molecular flexibility index (Phi) is 8.20. The van der Waals surface area contributed by atoms with E-state index in [1.54, 1.807) is 14.2 Å². The van der Waals surface area contributed by atoms with Crippen molar-refractivity contribution in [3.63, 3.8) is 0 Å². The highest BCUT2D eigenvalue weighted by molar-refractivity contribution is 5.67. The van der Waals surface area contributed by atoms with Gasteiger partial charge in [-0.05, 0) is 38.3 Å². The van der Waals surface area contributed by atoms with E-state index >= 15 is 0 Å². The Morgan fingerprint density at radius 3 is 1.62 bits per heavy atom. The molecule has 0 aliphatic heterocycles. The van der Waals surface area contributed by atoms with Crippen LogP contribution in [-0.2, 0) is 19.6 Å². The van der Waals surface area contributed by atoms with Crippen LogP contribution in [0.15, 0.2) is 72.3 Å². The van der Waals surface area contributed by atoms with E-state index < -0.39 is 0 Å². The van der Waals surface area contributed by atoms with Gasteiger partial charge in [0, 0.05) is 11.1 Å². The topological polar surface area (TPSA) is 36.9 Å². The summed E-state index contributed by atoms with van der Waals surface area (Å²) in [6, 6.07) is 20.2. The molecule has 0 fully saturated rings. The quantitative estimate of drug-likeness (QED) is 0.335. The van der Waals surface area contributed by atoms with E-state index in [1.807, 2.05) is 67.6 Å². The molecule has 0 bridgehead atoms. The molecule has 3 rings (SSSR count). The first-order valence-electron chi connectivity index (χ1n) is 10.8. The maximum absolute atomic E-state index is 6.33. The van der Waals surface area contributed by atoms with Crippen LogP contribution in [0.1, 0.15) is 36.1 Å². The van der Waals surface area contributed by atoms with E-state index in [9.17, 15) is 0 Å². The van der Waals surface area contributed by atoms with Crippen LogP contribution in [-0.4, -0.2) is 14.2 Å². The Labute approximate surface area is 191 Å². The zero-order chi connectivity index (χ0) is 22.9. The van der Waals surface area contributed by atoms with E-state index in [4.69, 9.17) is 18.9 Å². The van der Waals surface area contributed by atoms with Gasteiger partial charge >= 0.3 is 0 Å². The minimum absolute atomic E-state index is 0.436. The van der Waals surface area contributed by atoms with E-state index in [1.165, 1.54) is 5.57 Å². The van der Waals surface area contributed by atoms with Crippen molar-refractivity contribution in [2.75, 3.05) is 14.2 Å². The minimum atomic E-state index is 0.436. The summed E-state index contributed by atoms with van der Waals surface area (Å²) >= 11 is 0. The first-order valence-corrected chi connectivity index (χ1v) is 10.8. The monoisotopic (exact) mass is 432 g/mol. The molecule has 32 heavy (non-hydrogen) atoms. The summed E-state index contributed by atoms with van der Waals surface area (Å²) in [4.78, 5) is 0. The molecule has 0 saturated carbocycles. The molecular formula is C28H32O4. The fourth-order valence-electron chi connectivity index (χ4n) is 3.53. The molecule has 0 amide bonds. The first-order chi connectivity index (χ1) is 15.5. The number of benzene rings is 3. The predicted molar refractivity (Wildman–Crippen MR) is 129 cm³/mol. The van der Waals surface area contributed by atoms with Gasteiger partial charge in [0.25, 0.3) is 0 Å². The van der Waals surface area contributed by atoms with Gasteiger partial charge < -0.3 is 18.9 Å². The molecule has 0 aliphatic rings. The molecule has 0 atom stereocenters. The van der Waals surface area contributed by atoms with Gasteiger partial charge in [0.15, 0.2) is 11.5 Å². The Balaban J connectivity index is 2.05. The van der Waals surface area contributed by atoms with Crippen molar-refractivity contribution in [2.24, 2.45) is 0 Å². The number of hydrogen-bond donors (Lipinski definition) is 0.